The van der Waals surface area contributed by atoms with Gasteiger partial charge in [-0.15, -0.1) is 0 Å². The van der Waals surface area contributed by atoms with E-state index >= 15 is 0 Å². The lowest BCUT2D eigenvalue weighted by atomic mass is 9.90. The molecule has 1 atom stereocenters. The number of aromatic nitrogens is 1. The number of hydrogen-bond acceptors (Lipinski definition) is 2. The molecular formula is C22H33NO. The van der Waals surface area contributed by atoms with Crippen LogP contribution in [0.5, 0.6) is 0 Å². The topological polar surface area (TPSA) is 33.1 Å². The van der Waals surface area contributed by atoms with Gasteiger partial charge in [0, 0.05) is 17.0 Å². The van der Waals surface area contributed by atoms with Crippen LogP contribution in [-0.4, -0.2) is 10.1 Å². The van der Waals surface area contributed by atoms with Gasteiger partial charge in [0.2, 0.25) is 0 Å². The van der Waals surface area contributed by atoms with Crippen LogP contribution in [-0.2, 0) is 0 Å². The summed E-state index contributed by atoms with van der Waals surface area (Å²) in [6, 6.07) is 10.2. The fraction of sp³-hybridized carbons (Fsp3) is 0.409. The van der Waals surface area contributed by atoms with Gasteiger partial charge in [-0.3, -0.25) is 4.98 Å². The average molecular weight is 328 g/mol. The second-order valence-electron chi connectivity index (χ2n) is 5.03. The summed E-state index contributed by atoms with van der Waals surface area (Å²) >= 11 is 0. The van der Waals surface area contributed by atoms with E-state index in [2.05, 4.69) is 24.0 Å². The van der Waals surface area contributed by atoms with E-state index in [9.17, 15) is 5.11 Å². The third-order valence-corrected chi connectivity index (χ3v) is 3.65. The molecule has 1 aromatic heterocycles. The van der Waals surface area contributed by atoms with Crippen LogP contribution < -0.4 is 0 Å². The molecule has 0 aliphatic rings. The summed E-state index contributed by atoms with van der Waals surface area (Å²) in [7, 11) is 0. The van der Waals surface area contributed by atoms with Crippen LogP contribution in [0.3, 0.4) is 0 Å². The van der Waals surface area contributed by atoms with Crippen LogP contribution in [0.1, 0.15) is 63.2 Å². The highest BCUT2D eigenvalue weighted by atomic mass is 16.3. The maximum Gasteiger partial charge on any atom is 0.0995 e. The molecule has 2 nitrogen and oxygen atoms in total. The monoisotopic (exact) mass is 327 g/mol. The maximum absolute atomic E-state index is 10.4. The smallest absolute Gasteiger partial charge is 0.0995 e. The highest BCUT2D eigenvalue weighted by Gasteiger charge is 2.18. The molecule has 0 saturated heterocycles. The quantitative estimate of drug-likeness (QED) is 0.668. The predicted octanol–water partition coefficient (Wildman–Crippen LogP) is 6.34. The summed E-state index contributed by atoms with van der Waals surface area (Å²) < 4.78 is 0. The van der Waals surface area contributed by atoms with Crippen molar-refractivity contribution in [1.82, 2.24) is 4.98 Å². The lowest BCUT2D eigenvalue weighted by Crippen LogP contribution is -2.06. The first kappa shape index (κ1) is 22.1. The zero-order valence-corrected chi connectivity index (χ0v) is 16.5. The number of rotatable bonds is 3. The van der Waals surface area contributed by atoms with Crippen LogP contribution in [0.4, 0.5) is 0 Å². The summed E-state index contributed by atoms with van der Waals surface area (Å²) in [5.41, 5.74) is 6.14. The molecule has 0 spiro atoms. The Morgan fingerprint density at radius 2 is 1.46 bits per heavy atom. The Labute approximate surface area is 148 Å². The van der Waals surface area contributed by atoms with Crippen molar-refractivity contribution >= 4 is 0 Å². The second kappa shape index (κ2) is 11.6. The van der Waals surface area contributed by atoms with Crippen LogP contribution in [0.15, 0.2) is 42.5 Å². The standard InChI is InChI=1S/C18H21NO.2C2H6/c1-5-9-16(20)18-14(4)19-13(3)12(2)17(18)15-10-7-6-8-11-15;2*1-2/h5-11,16,20H,1-4H3;2*1-2H3/b9-5-;;. The second-order valence-corrected chi connectivity index (χ2v) is 5.03. The molecule has 24 heavy (non-hydrogen) atoms. The number of aliphatic hydroxyl groups excluding tert-OH is 1. The van der Waals surface area contributed by atoms with E-state index in [1.807, 2.05) is 72.7 Å². The van der Waals surface area contributed by atoms with Gasteiger partial charge < -0.3 is 5.11 Å². The van der Waals surface area contributed by atoms with Crippen molar-refractivity contribution in [2.45, 2.75) is 61.5 Å². The van der Waals surface area contributed by atoms with Crippen LogP contribution in [0.25, 0.3) is 11.1 Å². The summed E-state index contributed by atoms with van der Waals surface area (Å²) in [5.74, 6) is 0. The van der Waals surface area contributed by atoms with E-state index in [0.717, 1.165) is 33.6 Å². The molecule has 0 aliphatic carbocycles. The van der Waals surface area contributed by atoms with Gasteiger partial charge in [-0.2, -0.15) is 0 Å². The van der Waals surface area contributed by atoms with Gasteiger partial charge in [-0.1, -0.05) is 70.2 Å². The van der Waals surface area contributed by atoms with Crippen molar-refractivity contribution in [3.05, 3.63) is 65.0 Å². The molecule has 0 fully saturated rings. The van der Waals surface area contributed by atoms with Crippen molar-refractivity contribution in [3.63, 3.8) is 0 Å². The molecule has 1 aromatic carbocycles. The molecule has 2 aromatic rings. The van der Waals surface area contributed by atoms with Crippen LogP contribution in [0.2, 0.25) is 0 Å². The number of aryl methyl sites for hydroxylation is 2. The third kappa shape index (κ3) is 5.31. The van der Waals surface area contributed by atoms with Gasteiger partial charge in [0.1, 0.15) is 0 Å². The first-order valence-corrected chi connectivity index (χ1v) is 8.90. The minimum atomic E-state index is -0.623. The Kier molecular flexibility index (Phi) is 10.7. The molecule has 132 valence electrons. The first-order valence-electron chi connectivity index (χ1n) is 8.90. The lowest BCUT2D eigenvalue weighted by molar-refractivity contribution is 0.227. The van der Waals surface area contributed by atoms with Crippen molar-refractivity contribution in [3.8, 4) is 11.1 Å². The van der Waals surface area contributed by atoms with E-state index in [1.54, 1.807) is 6.08 Å². The molecule has 2 heteroatoms. The Morgan fingerprint density at radius 3 is 1.96 bits per heavy atom. The lowest BCUT2D eigenvalue weighted by Gasteiger charge is -2.19. The molecule has 0 bridgehead atoms. The number of allylic oxidation sites excluding steroid dienone is 1. The highest BCUT2D eigenvalue weighted by molar-refractivity contribution is 5.73. The van der Waals surface area contributed by atoms with Crippen molar-refractivity contribution < 1.29 is 5.11 Å². The summed E-state index contributed by atoms with van der Waals surface area (Å²) in [6.45, 7) is 16.0. The van der Waals surface area contributed by atoms with Gasteiger partial charge in [-0.05, 0) is 44.4 Å². The molecule has 1 N–H and O–H groups in total. The van der Waals surface area contributed by atoms with Crippen molar-refractivity contribution in [2.75, 3.05) is 0 Å². The largest absolute Gasteiger partial charge is 0.384 e. The molecule has 2 rings (SSSR count). The van der Waals surface area contributed by atoms with E-state index in [1.165, 1.54) is 0 Å². The van der Waals surface area contributed by atoms with Crippen molar-refractivity contribution in [2.24, 2.45) is 0 Å². The normalized spacial score (nSPS) is 11.2. The predicted molar refractivity (Wildman–Crippen MR) is 106 cm³/mol. The first-order chi connectivity index (χ1) is 11.6. The van der Waals surface area contributed by atoms with Crippen LogP contribution in [0, 0.1) is 20.8 Å². The zero-order chi connectivity index (χ0) is 18.7. The van der Waals surface area contributed by atoms with Crippen molar-refractivity contribution in [1.29, 1.82) is 0 Å². The Balaban J connectivity index is 0.00000123. The molecule has 0 radical (unpaired) electrons. The van der Waals surface area contributed by atoms with Crippen LogP contribution >= 0.6 is 0 Å². The fourth-order valence-electron chi connectivity index (χ4n) is 2.58. The third-order valence-electron chi connectivity index (χ3n) is 3.65. The Morgan fingerprint density at radius 1 is 0.917 bits per heavy atom. The fourth-order valence-corrected chi connectivity index (χ4v) is 2.58. The van der Waals surface area contributed by atoms with E-state index in [-0.39, 0.29) is 0 Å². The van der Waals surface area contributed by atoms with Gasteiger partial charge in [0.15, 0.2) is 0 Å². The number of hydrogen-bond donors (Lipinski definition) is 1. The SMILES string of the molecule is C/C=C\C(O)c1c(C)nc(C)c(C)c1-c1ccccc1.CC.CC. The van der Waals surface area contributed by atoms with Gasteiger partial charge >= 0.3 is 0 Å². The number of nitrogens with zero attached hydrogens (tertiary/aromatic N) is 1. The highest BCUT2D eigenvalue weighted by Crippen LogP contribution is 2.34. The summed E-state index contributed by atoms with van der Waals surface area (Å²) in [5, 5.41) is 10.4. The number of aliphatic hydroxyl groups is 1. The Bertz CT molecular complexity index is 630. The maximum atomic E-state index is 10.4. The summed E-state index contributed by atoms with van der Waals surface area (Å²) in [4.78, 5) is 4.57. The number of pyridine rings is 1. The minimum Gasteiger partial charge on any atom is -0.384 e. The molecule has 0 aliphatic heterocycles. The average Bonchev–Trinajstić information content (AvgIpc) is 2.62. The number of benzene rings is 1. The molecule has 0 amide bonds. The minimum absolute atomic E-state index is 0.623. The van der Waals surface area contributed by atoms with E-state index in [0.29, 0.717) is 0 Å². The Hall–Kier alpha value is -1.93. The van der Waals surface area contributed by atoms with E-state index < -0.39 is 6.10 Å². The van der Waals surface area contributed by atoms with Gasteiger partial charge in [0.25, 0.3) is 0 Å². The zero-order valence-electron chi connectivity index (χ0n) is 16.5. The molecule has 1 unspecified atom stereocenters. The summed E-state index contributed by atoms with van der Waals surface area (Å²) in [6.07, 6.45) is 3.04. The van der Waals surface area contributed by atoms with Gasteiger partial charge in [-0.25, -0.2) is 0 Å². The molecule has 1 heterocycles. The van der Waals surface area contributed by atoms with E-state index in [4.69, 9.17) is 0 Å². The van der Waals surface area contributed by atoms with Gasteiger partial charge in [0.05, 0.1) is 6.10 Å². The molecule has 0 saturated carbocycles. The molecular weight excluding hydrogens is 294 g/mol.